The van der Waals surface area contributed by atoms with Crippen molar-refractivity contribution in [3.05, 3.63) is 29.8 Å². The standard InChI is InChI=1S/C17H28N4O2/c1-2-7-19-17(18)20-14-15-5-3-4-6-16(15)23-13-10-21-8-11-22-12-9-21/h3-6H,2,7-14H2,1H3,(H3,18,19,20). The maximum Gasteiger partial charge on any atom is 0.188 e. The molecule has 1 aromatic rings. The van der Waals surface area contributed by atoms with Crippen molar-refractivity contribution in [3.8, 4) is 5.75 Å². The summed E-state index contributed by atoms with van der Waals surface area (Å²) in [5, 5.41) is 3.08. The van der Waals surface area contributed by atoms with Crippen LogP contribution >= 0.6 is 0 Å². The highest BCUT2D eigenvalue weighted by molar-refractivity contribution is 5.77. The molecule has 6 nitrogen and oxygen atoms in total. The minimum atomic E-state index is 0.481. The lowest BCUT2D eigenvalue weighted by Gasteiger charge is -2.26. The molecule has 0 aromatic heterocycles. The third-order valence-electron chi connectivity index (χ3n) is 3.72. The molecule has 1 saturated heterocycles. The molecule has 2 rings (SSSR count). The van der Waals surface area contributed by atoms with Crippen molar-refractivity contribution in [2.45, 2.75) is 19.9 Å². The first kappa shape index (κ1) is 17.6. The van der Waals surface area contributed by atoms with Gasteiger partial charge in [-0.05, 0) is 12.5 Å². The Morgan fingerprint density at radius 1 is 1.35 bits per heavy atom. The summed E-state index contributed by atoms with van der Waals surface area (Å²) in [6.45, 7) is 8.64. The fourth-order valence-corrected chi connectivity index (χ4v) is 2.36. The number of nitrogens with zero attached hydrogens (tertiary/aromatic N) is 2. The molecule has 6 heteroatoms. The van der Waals surface area contributed by atoms with Crippen LogP contribution in [0.25, 0.3) is 0 Å². The second-order valence-electron chi connectivity index (χ2n) is 5.54. The van der Waals surface area contributed by atoms with Crippen LogP contribution in [0.4, 0.5) is 0 Å². The van der Waals surface area contributed by atoms with Crippen molar-refractivity contribution in [3.63, 3.8) is 0 Å². The van der Waals surface area contributed by atoms with Gasteiger partial charge in [0.25, 0.3) is 0 Å². The van der Waals surface area contributed by atoms with Crippen molar-refractivity contribution in [1.82, 2.24) is 10.2 Å². The van der Waals surface area contributed by atoms with Gasteiger partial charge < -0.3 is 20.5 Å². The molecule has 0 aliphatic carbocycles. The van der Waals surface area contributed by atoms with Crippen LogP contribution in [0.1, 0.15) is 18.9 Å². The monoisotopic (exact) mass is 320 g/mol. The van der Waals surface area contributed by atoms with E-state index in [1.165, 1.54) is 0 Å². The van der Waals surface area contributed by atoms with Crippen LogP contribution in [0, 0.1) is 0 Å². The van der Waals surface area contributed by atoms with Gasteiger partial charge in [-0.25, -0.2) is 4.99 Å². The molecule has 0 bridgehead atoms. The van der Waals surface area contributed by atoms with Crippen LogP contribution in [0.3, 0.4) is 0 Å². The molecule has 3 N–H and O–H groups in total. The van der Waals surface area contributed by atoms with E-state index in [9.17, 15) is 0 Å². The van der Waals surface area contributed by atoms with E-state index >= 15 is 0 Å². The molecule has 1 aromatic carbocycles. The van der Waals surface area contributed by atoms with E-state index in [1.54, 1.807) is 0 Å². The zero-order valence-electron chi connectivity index (χ0n) is 14.0. The number of rotatable bonds is 8. The van der Waals surface area contributed by atoms with E-state index in [2.05, 4.69) is 22.1 Å². The fourth-order valence-electron chi connectivity index (χ4n) is 2.36. The minimum absolute atomic E-state index is 0.481. The third-order valence-corrected chi connectivity index (χ3v) is 3.72. The summed E-state index contributed by atoms with van der Waals surface area (Å²) >= 11 is 0. The van der Waals surface area contributed by atoms with Gasteiger partial charge in [0.15, 0.2) is 5.96 Å². The molecular weight excluding hydrogens is 292 g/mol. The Balaban J connectivity index is 1.81. The Labute approximate surface area is 138 Å². The molecule has 0 saturated carbocycles. The topological polar surface area (TPSA) is 72.1 Å². The maximum absolute atomic E-state index is 5.94. The van der Waals surface area contributed by atoms with Gasteiger partial charge in [-0.1, -0.05) is 25.1 Å². The lowest BCUT2D eigenvalue weighted by molar-refractivity contribution is 0.0322. The number of hydrogen-bond acceptors (Lipinski definition) is 4. The highest BCUT2D eigenvalue weighted by Crippen LogP contribution is 2.18. The molecule has 0 spiro atoms. The van der Waals surface area contributed by atoms with E-state index in [-0.39, 0.29) is 0 Å². The van der Waals surface area contributed by atoms with Gasteiger partial charge in [0, 0.05) is 31.7 Å². The first-order chi connectivity index (χ1) is 11.3. The van der Waals surface area contributed by atoms with Crippen LogP contribution in [0.5, 0.6) is 5.75 Å². The van der Waals surface area contributed by atoms with Gasteiger partial charge in [-0.15, -0.1) is 0 Å². The molecule has 23 heavy (non-hydrogen) atoms. The van der Waals surface area contributed by atoms with Crippen LogP contribution in [0.2, 0.25) is 0 Å². The summed E-state index contributed by atoms with van der Waals surface area (Å²) in [5.74, 6) is 1.36. The Kier molecular flexibility index (Phi) is 7.69. The number of benzene rings is 1. The molecule has 1 fully saturated rings. The zero-order valence-corrected chi connectivity index (χ0v) is 14.0. The van der Waals surface area contributed by atoms with Crippen LogP contribution in [0.15, 0.2) is 29.3 Å². The Hall–Kier alpha value is -1.79. The normalized spacial score (nSPS) is 16.3. The van der Waals surface area contributed by atoms with Crippen molar-refractivity contribution in [2.75, 3.05) is 46.0 Å². The molecule has 1 aliphatic heterocycles. The van der Waals surface area contributed by atoms with E-state index < -0.39 is 0 Å². The van der Waals surface area contributed by atoms with Crippen molar-refractivity contribution in [2.24, 2.45) is 10.7 Å². The molecule has 0 radical (unpaired) electrons. The SMILES string of the molecule is CCCNC(N)=NCc1ccccc1OCCN1CCOCC1. The van der Waals surface area contributed by atoms with Gasteiger partial charge in [-0.2, -0.15) is 0 Å². The Morgan fingerprint density at radius 3 is 2.91 bits per heavy atom. The number of guanidine groups is 1. The zero-order chi connectivity index (χ0) is 16.3. The maximum atomic E-state index is 5.94. The molecule has 0 unspecified atom stereocenters. The summed E-state index contributed by atoms with van der Waals surface area (Å²) in [6, 6.07) is 7.99. The predicted molar refractivity (Wildman–Crippen MR) is 92.8 cm³/mol. The quantitative estimate of drug-likeness (QED) is 0.556. The van der Waals surface area contributed by atoms with Gasteiger partial charge in [-0.3, -0.25) is 4.90 Å². The minimum Gasteiger partial charge on any atom is -0.492 e. The average molecular weight is 320 g/mol. The summed E-state index contributed by atoms with van der Waals surface area (Å²) in [7, 11) is 0. The number of hydrogen-bond donors (Lipinski definition) is 2. The number of aliphatic imine (C=N–C) groups is 1. The third kappa shape index (κ3) is 6.46. The first-order valence-corrected chi connectivity index (χ1v) is 8.34. The van der Waals surface area contributed by atoms with Gasteiger partial charge in [0.05, 0.1) is 19.8 Å². The van der Waals surface area contributed by atoms with Crippen LogP contribution < -0.4 is 15.8 Å². The lowest BCUT2D eigenvalue weighted by atomic mass is 10.2. The van der Waals surface area contributed by atoms with Crippen molar-refractivity contribution in [1.29, 1.82) is 0 Å². The van der Waals surface area contributed by atoms with Gasteiger partial charge >= 0.3 is 0 Å². The summed E-state index contributed by atoms with van der Waals surface area (Å²) in [5.41, 5.74) is 6.89. The molecule has 1 aliphatic rings. The van der Waals surface area contributed by atoms with Gasteiger partial charge in [0.1, 0.15) is 12.4 Å². The average Bonchev–Trinajstić information content (AvgIpc) is 2.60. The van der Waals surface area contributed by atoms with E-state index in [0.717, 1.165) is 57.1 Å². The lowest BCUT2D eigenvalue weighted by Crippen LogP contribution is -2.38. The fraction of sp³-hybridized carbons (Fsp3) is 0.588. The molecule has 1 heterocycles. The molecule has 0 atom stereocenters. The van der Waals surface area contributed by atoms with E-state index in [1.807, 2.05) is 24.3 Å². The van der Waals surface area contributed by atoms with Crippen molar-refractivity contribution < 1.29 is 9.47 Å². The van der Waals surface area contributed by atoms with Gasteiger partial charge in [0.2, 0.25) is 0 Å². The Bertz CT molecular complexity index is 487. The predicted octanol–water partition coefficient (Wildman–Crippen LogP) is 1.21. The van der Waals surface area contributed by atoms with Crippen LogP contribution in [-0.2, 0) is 11.3 Å². The smallest absolute Gasteiger partial charge is 0.188 e. The number of nitrogens with two attached hydrogens (primary N) is 1. The number of nitrogens with one attached hydrogen (secondary N) is 1. The highest BCUT2D eigenvalue weighted by atomic mass is 16.5. The Morgan fingerprint density at radius 2 is 2.13 bits per heavy atom. The largest absolute Gasteiger partial charge is 0.492 e. The summed E-state index contributed by atoms with van der Waals surface area (Å²) < 4.78 is 11.3. The number of para-hydroxylation sites is 1. The number of ether oxygens (including phenoxy) is 2. The molecule has 128 valence electrons. The van der Waals surface area contributed by atoms with E-state index in [0.29, 0.717) is 19.1 Å². The van der Waals surface area contributed by atoms with Crippen molar-refractivity contribution >= 4 is 5.96 Å². The second-order valence-corrected chi connectivity index (χ2v) is 5.54. The summed E-state index contributed by atoms with van der Waals surface area (Å²) in [6.07, 6.45) is 1.03. The van der Waals surface area contributed by atoms with E-state index in [4.69, 9.17) is 15.2 Å². The highest BCUT2D eigenvalue weighted by Gasteiger charge is 2.10. The summed E-state index contributed by atoms with van der Waals surface area (Å²) in [4.78, 5) is 6.72. The number of morpholine rings is 1. The first-order valence-electron chi connectivity index (χ1n) is 8.34. The molecule has 0 amide bonds. The molecular formula is C17H28N4O2. The van der Waals surface area contributed by atoms with Crippen LogP contribution in [-0.4, -0.2) is 56.9 Å². The second kappa shape index (κ2) is 10.1.